The Balaban J connectivity index is 1.83. The third-order valence-corrected chi connectivity index (χ3v) is 4.32. The summed E-state index contributed by atoms with van der Waals surface area (Å²) in [7, 11) is 0. The number of imide groups is 1. The van der Waals surface area contributed by atoms with Crippen molar-refractivity contribution in [2.75, 3.05) is 26.2 Å². The number of hydrogen-bond donors (Lipinski definition) is 2. The minimum atomic E-state index is -0.848. The first-order chi connectivity index (χ1) is 11.4. The summed E-state index contributed by atoms with van der Waals surface area (Å²) in [5, 5.41) is 2.09. The number of nitrogens with two attached hydrogens (primary N) is 1. The summed E-state index contributed by atoms with van der Waals surface area (Å²) in [5.41, 5.74) is 7.13. The van der Waals surface area contributed by atoms with E-state index in [1.54, 1.807) is 6.92 Å². The zero-order valence-electron chi connectivity index (χ0n) is 14.1. The fraction of sp³-hybridized carbons (Fsp3) is 0.471. The van der Waals surface area contributed by atoms with Crippen LogP contribution in [0.25, 0.3) is 0 Å². The molecule has 0 unspecified atom stereocenters. The van der Waals surface area contributed by atoms with Crippen LogP contribution >= 0.6 is 0 Å². The number of carbonyl (C=O) groups excluding carboxylic acids is 3. The highest BCUT2D eigenvalue weighted by Crippen LogP contribution is 2.10. The molecule has 1 fully saturated rings. The monoisotopic (exact) mass is 332 g/mol. The number of primary amides is 1. The molecule has 0 spiro atoms. The topological polar surface area (TPSA) is 95.7 Å². The summed E-state index contributed by atoms with van der Waals surface area (Å²) in [6, 6.07) is 6.64. The number of carbonyl (C=O) groups is 3. The van der Waals surface area contributed by atoms with E-state index < -0.39 is 18.0 Å². The second kappa shape index (κ2) is 7.92. The maximum Gasteiger partial charge on any atom is 0.318 e. The molecule has 1 saturated heterocycles. The highest BCUT2D eigenvalue weighted by atomic mass is 16.2. The van der Waals surface area contributed by atoms with Crippen molar-refractivity contribution in [3.63, 3.8) is 0 Å². The molecule has 130 valence electrons. The second-order valence-corrected chi connectivity index (χ2v) is 6.11. The number of piperazine rings is 1. The minimum absolute atomic E-state index is 0.0905. The molecule has 7 nitrogen and oxygen atoms in total. The summed E-state index contributed by atoms with van der Waals surface area (Å²) in [6.07, 6.45) is 0.387. The molecule has 0 bridgehead atoms. The van der Waals surface area contributed by atoms with Crippen LogP contribution in [0.1, 0.15) is 18.1 Å². The van der Waals surface area contributed by atoms with Gasteiger partial charge in [-0.2, -0.15) is 0 Å². The molecule has 7 heteroatoms. The fourth-order valence-electron chi connectivity index (χ4n) is 2.74. The molecule has 3 N–H and O–H groups in total. The van der Waals surface area contributed by atoms with Gasteiger partial charge in [0.1, 0.15) is 0 Å². The van der Waals surface area contributed by atoms with Gasteiger partial charge in [-0.15, -0.1) is 0 Å². The van der Waals surface area contributed by atoms with E-state index in [1.165, 1.54) is 5.56 Å². The highest BCUT2D eigenvalue weighted by molar-refractivity contribution is 5.96. The van der Waals surface area contributed by atoms with E-state index in [2.05, 4.69) is 5.32 Å². The predicted molar refractivity (Wildman–Crippen MR) is 90.2 cm³/mol. The average Bonchev–Trinajstić information content (AvgIpc) is 2.55. The van der Waals surface area contributed by atoms with Gasteiger partial charge in [0.2, 0.25) is 11.8 Å². The van der Waals surface area contributed by atoms with E-state index in [0.29, 0.717) is 32.6 Å². The van der Waals surface area contributed by atoms with E-state index in [-0.39, 0.29) is 5.91 Å². The number of nitrogens with one attached hydrogen (secondary N) is 1. The van der Waals surface area contributed by atoms with Gasteiger partial charge in [-0.05, 0) is 19.4 Å². The Kier molecular flexibility index (Phi) is 5.92. The number of amides is 4. The van der Waals surface area contributed by atoms with Crippen LogP contribution in [0.2, 0.25) is 0 Å². The summed E-state index contributed by atoms with van der Waals surface area (Å²) in [5.74, 6) is -0.324. The van der Waals surface area contributed by atoms with Crippen molar-refractivity contribution in [3.8, 4) is 0 Å². The van der Waals surface area contributed by atoms with Crippen LogP contribution in [0.3, 0.4) is 0 Å². The first-order valence-corrected chi connectivity index (χ1v) is 8.04. The standard InChI is InChI=1S/C17H24N4O3/c1-12-3-5-14(6-4-12)11-15(22)21-9-7-20(8-10-21)13(2)16(23)19-17(18)24/h3-6,13H,7-11H2,1-2H3,(H3,18,19,23,24)/t13-/m0/s1. The Morgan fingerprint density at radius 2 is 1.71 bits per heavy atom. The summed E-state index contributed by atoms with van der Waals surface area (Å²) in [6.45, 7) is 6.06. The largest absolute Gasteiger partial charge is 0.351 e. The van der Waals surface area contributed by atoms with Crippen LogP contribution in [0, 0.1) is 6.92 Å². The molecule has 1 aromatic carbocycles. The number of benzene rings is 1. The van der Waals surface area contributed by atoms with Gasteiger partial charge in [0, 0.05) is 26.2 Å². The van der Waals surface area contributed by atoms with E-state index in [0.717, 1.165) is 5.56 Å². The van der Waals surface area contributed by atoms with Gasteiger partial charge < -0.3 is 10.6 Å². The van der Waals surface area contributed by atoms with Crippen LogP contribution in [0.5, 0.6) is 0 Å². The van der Waals surface area contributed by atoms with Crippen LogP contribution in [-0.4, -0.2) is 59.9 Å². The van der Waals surface area contributed by atoms with Crippen molar-refractivity contribution in [1.29, 1.82) is 0 Å². The lowest BCUT2D eigenvalue weighted by molar-refractivity contribution is -0.133. The smallest absolute Gasteiger partial charge is 0.318 e. The molecule has 0 aliphatic carbocycles. The maximum atomic E-state index is 12.4. The van der Waals surface area contributed by atoms with Gasteiger partial charge >= 0.3 is 6.03 Å². The molecule has 0 radical (unpaired) electrons. The lowest BCUT2D eigenvalue weighted by atomic mass is 10.1. The maximum absolute atomic E-state index is 12.4. The number of hydrogen-bond acceptors (Lipinski definition) is 4. The Morgan fingerprint density at radius 1 is 1.12 bits per heavy atom. The normalized spacial score (nSPS) is 16.5. The first-order valence-electron chi connectivity index (χ1n) is 8.04. The number of aryl methyl sites for hydroxylation is 1. The third kappa shape index (κ3) is 4.79. The second-order valence-electron chi connectivity index (χ2n) is 6.11. The van der Waals surface area contributed by atoms with Gasteiger partial charge in [0.15, 0.2) is 0 Å². The summed E-state index contributed by atoms with van der Waals surface area (Å²) < 4.78 is 0. The average molecular weight is 332 g/mol. The van der Waals surface area contributed by atoms with Crippen LogP contribution in [0.15, 0.2) is 24.3 Å². The molecule has 24 heavy (non-hydrogen) atoms. The Bertz CT molecular complexity index is 607. The van der Waals surface area contributed by atoms with Crippen molar-refractivity contribution >= 4 is 17.8 Å². The van der Waals surface area contributed by atoms with Gasteiger partial charge in [0.05, 0.1) is 12.5 Å². The zero-order chi connectivity index (χ0) is 17.7. The summed E-state index contributed by atoms with van der Waals surface area (Å²) >= 11 is 0. The lowest BCUT2D eigenvalue weighted by Crippen LogP contribution is -2.56. The van der Waals surface area contributed by atoms with Crippen molar-refractivity contribution in [2.45, 2.75) is 26.3 Å². The first kappa shape index (κ1) is 17.9. The molecule has 1 aliphatic heterocycles. The predicted octanol–water partition coefficient (Wildman–Crippen LogP) is 0.265. The van der Waals surface area contributed by atoms with E-state index >= 15 is 0 Å². The SMILES string of the molecule is Cc1ccc(CC(=O)N2CCN([C@@H](C)C(=O)NC(N)=O)CC2)cc1. The molecule has 0 saturated carbocycles. The van der Waals surface area contributed by atoms with E-state index in [9.17, 15) is 14.4 Å². The van der Waals surface area contributed by atoms with Gasteiger partial charge in [-0.3, -0.25) is 19.8 Å². The van der Waals surface area contributed by atoms with Gasteiger partial charge in [0.25, 0.3) is 0 Å². The molecule has 0 aromatic heterocycles. The van der Waals surface area contributed by atoms with Crippen molar-refractivity contribution < 1.29 is 14.4 Å². The number of urea groups is 1. The van der Waals surface area contributed by atoms with Crippen molar-refractivity contribution in [2.24, 2.45) is 5.73 Å². The molecule has 1 aromatic rings. The molecular formula is C17H24N4O3. The fourth-order valence-corrected chi connectivity index (χ4v) is 2.74. The number of rotatable bonds is 4. The number of nitrogens with zero attached hydrogens (tertiary/aromatic N) is 2. The van der Waals surface area contributed by atoms with E-state index in [4.69, 9.17) is 5.73 Å². The van der Waals surface area contributed by atoms with Crippen molar-refractivity contribution in [1.82, 2.24) is 15.1 Å². The molecule has 2 rings (SSSR count). The minimum Gasteiger partial charge on any atom is -0.351 e. The van der Waals surface area contributed by atoms with E-state index in [1.807, 2.05) is 41.0 Å². The lowest BCUT2D eigenvalue weighted by Gasteiger charge is -2.37. The Morgan fingerprint density at radius 3 is 2.25 bits per heavy atom. The third-order valence-electron chi connectivity index (χ3n) is 4.32. The van der Waals surface area contributed by atoms with Gasteiger partial charge in [-0.1, -0.05) is 29.8 Å². The molecule has 1 aliphatic rings. The quantitative estimate of drug-likeness (QED) is 0.827. The highest BCUT2D eigenvalue weighted by Gasteiger charge is 2.27. The van der Waals surface area contributed by atoms with Crippen molar-refractivity contribution in [3.05, 3.63) is 35.4 Å². The Hall–Kier alpha value is -2.41. The molecule has 4 amide bonds. The summed E-state index contributed by atoms with van der Waals surface area (Å²) in [4.78, 5) is 38.7. The molecule has 1 atom stereocenters. The van der Waals surface area contributed by atoms with Gasteiger partial charge in [-0.25, -0.2) is 4.79 Å². The molecule has 1 heterocycles. The van der Waals surface area contributed by atoms with Crippen LogP contribution < -0.4 is 11.1 Å². The Labute approximate surface area is 141 Å². The zero-order valence-corrected chi connectivity index (χ0v) is 14.1. The molecular weight excluding hydrogens is 308 g/mol. The van der Waals surface area contributed by atoms with Crippen LogP contribution in [-0.2, 0) is 16.0 Å². The van der Waals surface area contributed by atoms with Crippen LogP contribution in [0.4, 0.5) is 4.79 Å².